The standard InChI is InChI=1S/C23H34F3NO4S/c1-17-16-27(13-11-21(28)18-7-4-3-5-8-18)14-12-22(17,2)19-9-6-10-20(15-19)31-32(29,30)23(24,25)26/h6,9-10,15,17-18,21,28H,3-5,7-8,11-14,16H2,1-2H3. The molecule has 1 aliphatic heterocycles. The van der Waals surface area contributed by atoms with Crippen LogP contribution in [-0.2, 0) is 15.5 Å². The van der Waals surface area contributed by atoms with Crippen LogP contribution in [0.2, 0.25) is 0 Å². The quantitative estimate of drug-likeness (QED) is 0.449. The van der Waals surface area contributed by atoms with Gasteiger partial charge in [0.2, 0.25) is 0 Å². The topological polar surface area (TPSA) is 66.8 Å². The Morgan fingerprint density at radius 1 is 1.25 bits per heavy atom. The molecule has 2 fully saturated rings. The van der Waals surface area contributed by atoms with Crippen molar-refractivity contribution >= 4 is 10.1 Å². The molecule has 0 spiro atoms. The van der Waals surface area contributed by atoms with Gasteiger partial charge in [-0.2, -0.15) is 21.6 Å². The fourth-order valence-corrected chi connectivity index (χ4v) is 5.55. The third-order valence-corrected chi connectivity index (χ3v) is 8.46. The van der Waals surface area contributed by atoms with Gasteiger partial charge in [0.1, 0.15) is 5.75 Å². The molecule has 32 heavy (non-hydrogen) atoms. The summed E-state index contributed by atoms with van der Waals surface area (Å²) in [6.07, 6.45) is 7.16. The number of benzene rings is 1. The molecule has 0 bridgehead atoms. The van der Waals surface area contributed by atoms with Gasteiger partial charge in [0.05, 0.1) is 6.10 Å². The van der Waals surface area contributed by atoms with Crippen LogP contribution in [0.15, 0.2) is 24.3 Å². The third-order valence-electron chi connectivity index (χ3n) is 7.49. The van der Waals surface area contributed by atoms with Gasteiger partial charge in [0, 0.05) is 13.1 Å². The second kappa shape index (κ2) is 9.89. The number of alkyl halides is 3. The van der Waals surface area contributed by atoms with E-state index in [0.717, 1.165) is 50.9 Å². The molecule has 3 atom stereocenters. The number of aliphatic hydroxyl groups excluding tert-OH is 1. The maximum absolute atomic E-state index is 12.7. The summed E-state index contributed by atoms with van der Waals surface area (Å²) in [5.41, 5.74) is -5.02. The molecule has 0 radical (unpaired) electrons. The molecule has 1 aromatic carbocycles. The van der Waals surface area contributed by atoms with Gasteiger partial charge >= 0.3 is 15.6 Å². The molecule has 3 unspecified atom stereocenters. The number of halogens is 3. The Morgan fingerprint density at radius 3 is 2.56 bits per heavy atom. The third kappa shape index (κ3) is 5.78. The summed E-state index contributed by atoms with van der Waals surface area (Å²) in [7, 11) is -5.70. The summed E-state index contributed by atoms with van der Waals surface area (Å²) in [6.45, 7) is 6.60. The highest BCUT2D eigenvalue weighted by molar-refractivity contribution is 7.88. The van der Waals surface area contributed by atoms with E-state index in [1.54, 1.807) is 0 Å². The Labute approximate surface area is 189 Å². The number of likely N-dealkylation sites (tertiary alicyclic amines) is 1. The van der Waals surface area contributed by atoms with E-state index >= 15 is 0 Å². The van der Waals surface area contributed by atoms with Crippen LogP contribution in [0.25, 0.3) is 0 Å². The summed E-state index contributed by atoms with van der Waals surface area (Å²) < 4.78 is 65.1. The Hall–Kier alpha value is -1.32. The van der Waals surface area contributed by atoms with Crippen LogP contribution < -0.4 is 4.18 Å². The minimum absolute atomic E-state index is 0.192. The van der Waals surface area contributed by atoms with Gasteiger partial charge in [0.15, 0.2) is 0 Å². The van der Waals surface area contributed by atoms with E-state index in [-0.39, 0.29) is 23.2 Å². The summed E-state index contributed by atoms with van der Waals surface area (Å²) in [4.78, 5) is 2.34. The number of rotatable bonds is 7. The molecule has 1 N–H and O–H groups in total. The molecule has 2 aliphatic rings. The van der Waals surface area contributed by atoms with Crippen molar-refractivity contribution in [3.05, 3.63) is 29.8 Å². The molecular weight excluding hydrogens is 443 g/mol. The summed E-state index contributed by atoms with van der Waals surface area (Å²) in [5, 5.41) is 10.6. The van der Waals surface area contributed by atoms with E-state index < -0.39 is 15.6 Å². The Kier molecular flexibility index (Phi) is 7.82. The van der Waals surface area contributed by atoms with Crippen molar-refractivity contribution in [3.63, 3.8) is 0 Å². The molecule has 1 aromatic rings. The maximum atomic E-state index is 12.7. The van der Waals surface area contributed by atoms with Crippen molar-refractivity contribution in [1.82, 2.24) is 4.90 Å². The van der Waals surface area contributed by atoms with E-state index in [1.807, 2.05) is 6.07 Å². The number of hydrogen-bond acceptors (Lipinski definition) is 5. The molecule has 9 heteroatoms. The maximum Gasteiger partial charge on any atom is 0.534 e. The lowest BCUT2D eigenvalue weighted by molar-refractivity contribution is -0.0500. The summed E-state index contributed by atoms with van der Waals surface area (Å²) in [6, 6.07) is 5.97. The molecule has 0 amide bonds. The molecule has 0 aromatic heterocycles. The van der Waals surface area contributed by atoms with Gasteiger partial charge in [0.25, 0.3) is 0 Å². The highest BCUT2D eigenvalue weighted by Crippen LogP contribution is 2.41. The Balaban J connectivity index is 1.61. The predicted molar refractivity (Wildman–Crippen MR) is 117 cm³/mol. The van der Waals surface area contributed by atoms with Gasteiger partial charge in [-0.3, -0.25) is 0 Å². The Morgan fingerprint density at radius 2 is 1.94 bits per heavy atom. The van der Waals surface area contributed by atoms with Crippen LogP contribution >= 0.6 is 0 Å². The van der Waals surface area contributed by atoms with Gasteiger partial charge in [-0.15, -0.1) is 0 Å². The first kappa shape index (κ1) is 25.3. The number of hydrogen-bond donors (Lipinski definition) is 1. The highest BCUT2D eigenvalue weighted by Gasteiger charge is 2.48. The first-order valence-electron chi connectivity index (χ1n) is 11.4. The van der Waals surface area contributed by atoms with Crippen LogP contribution in [0.5, 0.6) is 5.75 Å². The van der Waals surface area contributed by atoms with E-state index in [2.05, 4.69) is 22.9 Å². The molecule has 5 nitrogen and oxygen atoms in total. The van der Waals surface area contributed by atoms with Crippen molar-refractivity contribution in [2.45, 2.75) is 75.8 Å². The smallest absolute Gasteiger partial charge is 0.393 e. The zero-order chi connectivity index (χ0) is 23.6. The van der Waals surface area contributed by atoms with E-state index in [1.165, 1.54) is 37.5 Å². The van der Waals surface area contributed by atoms with Crippen molar-refractivity contribution < 1.29 is 30.9 Å². The molecule has 1 saturated carbocycles. The van der Waals surface area contributed by atoms with Gasteiger partial charge in [-0.05, 0) is 67.2 Å². The van der Waals surface area contributed by atoms with Crippen LogP contribution in [0.4, 0.5) is 13.2 Å². The van der Waals surface area contributed by atoms with E-state index in [0.29, 0.717) is 5.92 Å². The molecule has 1 heterocycles. The van der Waals surface area contributed by atoms with Gasteiger partial charge < -0.3 is 14.2 Å². The minimum atomic E-state index is -5.70. The zero-order valence-electron chi connectivity index (χ0n) is 18.8. The second-order valence-corrected chi connectivity index (χ2v) is 11.2. The second-order valence-electron chi connectivity index (χ2n) is 9.63. The van der Waals surface area contributed by atoms with E-state index in [4.69, 9.17) is 0 Å². The first-order valence-corrected chi connectivity index (χ1v) is 12.8. The number of aliphatic hydroxyl groups is 1. The fraction of sp³-hybridized carbons (Fsp3) is 0.739. The van der Waals surface area contributed by atoms with Crippen LogP contribution in [0.1, 0.15) is 64.4 Å². The monoisotopic (exact) mass is 477 g/mol. The molecule has 182 valence electrons. The highest BCUT2D eigenvalue weighted by atomic mass is 32.2. The average Bonchev–Trinajstić information content (AvgIpc) is 2.74. The van der Waals surface area contributed by atoms with Crippen LogP contribution in [0.3, 0.4) is 0 Å². The first-order chi connectivity index (χ1) is 14.9. The summed E-state index contributed by atoms with van der Waals surface area (Å²) in [5.74, 6) is 0.274. The largest absolute Gasteiger partial charge is 0.534 e. The van der Waals surface area contributed by atoms with Crippen LogP contribution in [-0.4, -0.2) is 49.7 Å². The normalized spacial score (nSPS) is 27.2. The SMILES string of the molecule is CC1CN(CCC(O)C2CCCCC2)CCC1(C)c1cccc(OS(=O)(=O)C(F)(F)F)c1. The van der Waals surface area contributed by atoms with E-state index in [9.17, 15) is 26.7 Å². The van der Waals surface area contributed by atoms with Crippen molar-refractivity contribution in [2.75, 3.05) is 19.6 Å². The molecule has 3 rings (SSSR count). The van der Waals surface area contributed by atoms with Crippen molar-refractivity contribution in [2.24, 2.45) is 11.8 Å². The average molecular weight is 478 g/mol. The van der Waals surface area contributed by atoms with Crippen LogP contribution in [0, 0.1) is 11.8 Å². The molecule has 1 saturated heterocycles. The number of piperidine rings is 1. The lowest BCUT2D eigenvalue weighted by Gasteiger charge is -2.45. The lowest BCUT2D eigenvalue weighted by Crippen LogP contribution is -2.48. The molecular formula is C23H34F3NO4S. The van der Waals surface area contributed by atoms with Gasteiger partial charge in [-0.1, -0.05) is 45.2 Å². The van der Waals surface area contributed by atoms with Gasteiger partial charge in [-0.25, -0.2) is 0 Å². The minimum Gasteiger partial charge on any atom is -0.393 e. The zero-order valence-corrected chi connectivity index (χ0v) is 19.6. The van der Waals surface area contributed by atoms with Crippen molar-refractivity contribution in [3.8, 4) is 5.75 Å². The predicted octanol–water partition coefficient (Wildman–Crippen LogP) is 4.85. The summed E-state index contributed by atoms with van der Waals surface area (Å²) >= 11 is 0. The molecule has 1 aliphatic carbocycles. The number of nitrogens with zero attached hydrogens (tertiary/aromatic N) is 1. The lowest BCUT2D eigenvalue weighted by atomic mass is 9.68. The van der Waals surface area contributed by atoms with Crippen molar-refractivity contribution in [1.29, 1.82) is 0 Å². The fourth-order valence-electron chi connectivity index (χ4n) is 5.10. The Bertz CT molecular complexity index is 870.